The molecule has 2 atom stereocenters. The van der Waals surface area contributed by atoms with Crippen LogP contribution < -0.4 is 5.32 Å². The zero-order valence-corrected chi connectivity index (χ0v) is 17.4. The zero-order chi connectivity index (χ0) is 20.3. The number of morpholine rings is 1. The zero-order valence-electron chi connectivity index (χ0n) is 17.4. The molecule has 3 heterocycles. The lowest BCUT2D eigenvalue weighted by Crippen LogP contribution is -2.50. The van der Waals surface area contributed by atoms with Crippen molar-refractivity contribution in [2.24, 2.45) is 4.99 Å². The lowest BCUT2D eigenvalue weighted by atomic mass is 10.1. The number of aromatic nitrogens is 1. The maximum Gasteiger partial charge on any atom is 0.194 e. The van der Waals surface area contributed by atoms with Gasteiger partial charge in [-0.2, -0.15) is 0 Å². The summed E-state index contributed by atoms with van der Waals surface area (Å²) < 4.78 is 6.13. The Hall–Kier alpha value is -2.83. The number of hydrogen-bond acceptors (Lipinski definition) is 3. The molecule has 0 bridgehead atoms. The number of benzene rings is 2. The molecule has 0 spiro atoms. The van der Waals surface area contributed by atoms with Gasteiger partial charge in [0, 0.05) is 44.4 Å². The molecule has 0 aliphatic carbocycles. The molecule has 2 aromatic carbocycles. The predicted molar refractivity (Wildman–Crippen MR) is 120 cm³/mol. The molecule has 3 aromatic rings. The predicted octanol–water partition coefficient (Wildman–Crippen LogP) is 2.83. The van der Waals surface area contributed by atoms with Gasteiger partial charge in [0.05, 0.1) is 25.3 Å². The SMILES string of the molecule is CN=C(NCc1cc2ccccc2[nH]1)N1CC2OCCN(Cc3ccccc3)C2C1. The number of H-pyrrole nitrogens is 1. The summed E-state index contributed by atoms with van der Waals surface area (Å²) in [6.45, 7) is 5.28. The van der Waals surface area contributed by atoms with Crippen LogP contribution in [-0.4, -0.2) is 66.2 Å². The van der Waals surface area contributed by atoms with Crippen molar-refractivity contribution in [2.45, 2.75) is 25.2 Å². The summed E-state index contributed by atoms with van der Waals surface area (Å²) in [5.74, 6) is 0.936. The maximum atomic E-state index is 6.13. The van der Waals surface area contributed by atoms with Crippen LogP contribution in [0.5, 0.6) is 0 Å². The third-order valence-electron chi connectivity index (χ3n) is 6.18. The van der Waals surface area contributed by atoms with Crippen LogP contribution in [0.2, 0.25) is 0 Å². The minimum atomic E-state index is 0.231. The van der Waals surface area contributed by atoms with Gasteiger partial charge < -0.3 is 19.9 Å². The van der Waals surface area contributed by atoms with Crippen molar-refractivity contribution in [3.05, 3.63) is 71.9 Å². The van der Waals surface area contributed by atoms with Crippen molar-refractivity contribution >= 4 is 16.9 Å². The van der Waals surface area contributed by atoms with Gasteiger partial charge in [0.2, 0.25) is 0 Å². The molecule has 2 fully saturated rings. The minimum Gasteiger partial charge on any atom is -0.373 e. The molecular formula is C24H29N5O. The van der Waals surface area contributed by atoms with Gasteiger partial charge >= 0.3 is 0 Å². The first kappa shape index (κ1) is 19.2. The van der Waals surface area contributed by atoms with Crippen LogP contribution >= 0.6 is 0 Å². The Morgan fingerprint density at radius 1 is 1.13 bits per heavy atom. The van der Waals surface area contributed by atoms with E-state index >= 15 is 0 Å². The molecule has 6 heteroatoms. The number of guanidine groups is 1. The van der Waals surface area contributed by atoms with E-state index in [9.17, 15) is 0 Å². The number of nitrogens with one attached hydrogen (secondary N) is 2. The molecule has 2 unspecified atom stereocenters. The number of nitrogens with zero attached hydrogens (tertiary/aromatic N) is 3. The topological polar surface area (TPSA) is 55.9 Å². The van der Waals surface area contributed by atoms with Gasteiger partial charge in [0.25, 0.3) is 0 Å². The summed E-state index contributed by atoms with van der Waals surface area (Å²) in [4.78, 5) is 12.9. The first-order chi connectivity index (χ1) is 14.8. The van der Waals surface area contributed by atoms with Crippen molar-refractivity contribution < 1.29 is 4.74 Å². The van der Waals surface area contributed by atoms with Gasteiger partial charge in [-0.3, -0.25) is 9.89 Å². The van der Waals surface area contributed by atoms with Crippen molar-refractivity contribution in [1.82, 2.24) is 20.1 Å². The molecule has 2 saturated heterocycles. The third kappa shape index (κ3) is 3.93. The van der Waals surface area contributed by atoms with E-state index in [1.807, 2.05) is 7.05 Å². The van der Waals surface area contributed by atoms with E-state index in [2.05, 4.69) is 85.8 Å². The first-order valence-electron chi connectivity index (χ1n) is 10.7. The highest BCUT2D eigenvalue weighted by atomic mass is 16.5. The Morgan fingerprint density at radius 2 is 1.97 bits per heavy atom. The molecule has 0 saturated carbocycles. The van der Waals surface area contributed by atoms with Gasteiger partial charge in [0.15, 0.2) is 5.96 Å². The molecule has 0 radical (unpaired) electrons. The average Bonchev–Trinajstić information content (AvgIpc) is 3.39. The molecule has 0 amide bonds. The lowest BCUT2D eigenvalue weighted by molar-refractivity contribution is -0.0502. The van der Waals surface area contributed by atoms with Crippen LogP contribution in [0, 0.1) is 0 Å². The van der Waals surface area contributed by atoms with E-state index in [4.69, 9.17) is 4.74 Å². The van der Waals surface area contributed by atoms with Crippen LogP contribution in [0.3, 0.4) is 0 Å². The van der Waals surface area contributed by atoms with Gasteiger partial charge in [-0.05, 0) is 23.1 Å². The fourth-order valence-corrected chi connectivity index (χ4v) is 4.68. The van der Waals surface area contributed by atoms with Gasteiger partial charge in [-0.15, -0.1) is 0 Å². The smallest absolute Gasteiger partial charge is 0.194 e. The maximum absolute atomic E-state index is 6.13. The first-order valence-corrected chi connectivity index (χ1v) is 10.7. The largest absolute Gasteiger partial charge is 0.373 e. The summed E-state index contributed by atoms with van der Waals surface area (Å²) in [6.07, 6.45) is 0.231. The molecule has 2 aliphatic heterocycles. The normalized spacial score (nSPS) is 22.4. The summed E-state index contributed by atoms with van der Waals surface area (Å²) in [7, 11) is 1.86. The van der Waals surface area contributed by atoms with Crippen molar-refractivity contribution in [3.63, 3.8) is 0 Å². The van der Waals surface area contributed by atoms with E-state index in [-0.39, 0.29) is 6.10 Å². The fraction of sp³-hybridized carbons (Fsp3) is 0.375. The molecule has 2 aliphatic rings. The summed E-state index contributed by atoms with van der Waals surface area (Å²) >= 11 is 0. The number of aromatic amines is 1. The van der Waals surface area contributed by atoms with E-state index in [0.29, 0.717) is 6.04 Å². The average molecular weight is 404 g/mol. The summed E-state index contributed by atoms with van der Waals surface area (Å²) in [5, 5.41) is 4.77. The Morgan fingerprint density at radius 3 is 2.80 bits per heavy atom. The highest BCUT2D eigenvalue weighted by Gasteiger charge is 2.41. The van der Waals surface area contributed by atoms with Gasteiger partial charge in [-0.25, -0.2) is 0 Å². The number of para-hydroxylation sites is 1. The number of likely N-dealkylation sites (tertiary alicyclic amines) is 1. The summed E-state index contributed by atoms with van der Waals surface area (Å²) in [5.41, 5.74) is 3.69. The highest BCUT2D eigenvalue weighted by molar-refractivity contribution is 5.82. The van der Waals surface area contributed by atoms with Crippen LogP contribution in [0.1, 0.15) is 11.3 Å². The standard InChI is InChI=1S/C24H29N5O/c1-25-24(26-14-20-13-19-9-5-6-10-21(19)27-20)29-16-22-23(17-29)30-12-11-28(22)15-18-7-3-2-4-8-18/h2-10,13,22-23,27H,11-12,14-17H2,1H3,(H,25,26). The molecule has 5 rings (SSSR count). The van der Waals surface area contributed by atoms with Gasteiger partial charge in [0.1, 0.15) is 0 Å². The minimum absolute atomic E-state index is 0.231. The number of fused-ring (bicyclic) bond motifs is 2. The second-order valence-electron chi connectivity index (χ2n) is 8.12. The second kappa shape index (κ2) is 8.50. The molecular weight excluding hydrogens is 374 g/mol. The Labute approximate surface area is 177 Å². The van der Waals surface area contributed by atoms with Crippen molar-refractivity contribution in [3.8, 4) is 0 Å². The van der Waals surface area contributed by atoms with Crippen molar-refractivity contribution in [2.75, 3.05) is 33.3 Å². The van der Waals surface area contributed by atoms with E-state index < -0.39 is 0 Å². The third-order valence-corrected chi connectivity index (χ3v) is 6.18. The Balaban J connectivity index is 1.23. The van der Waals surface area contributed by atoms with E-state index in [0.717, 1.165) is 51.0 Å². The van der Waals surface area contributed by atoms with Crippen molar-refractivity contribution in [1.29, 1.82) is 0 Å². The lowest BCUT2D eigenvalue weighted by Gasteiger charge is -2.36. The number of ether oxygens (including phenoxy) is 1. The number of hydrogen-bond donors (Lipinski definition) is 2. The Bertz CT molecular complexity index is 982. The molecule has 2 N–H and O–H groups in total. The molecule has 6 nitrogen and oxygen atoms in total. The van der Waals surface area contributed by atoms with E-state index in [1.165, 1.54) is 16.5 Å². The fourth-order valence-electron chi connectivity index (χ4n) is 4.68. The van der Waals surface area contributed by atoms with Crippen LogP contribution in [0.25, 0.3) is 10.9 Å². The van der Waals surface area contributed by atoms with E-state index in [1.54, 1.807) is 0 Å². The molecule has 30 heavy (non-hydrogen) atoms. The second-order valence-corrected chi connectivity index (χ2v) is 8.12. The number of rotatable bonds is 4. The number of aliphatic imine (C=N–C) groups is 1. The summed E-state index contributed by atoms with van der Waals surface area (Å²) in [6, 6.07) is 21.7. The van der Waals surface area contributed by atoms with Crippen LogP contribution in [0.15, 0.2) is 65.7 Å². The quantitative estimate of drug-likeness (QED) is 0.520. The monoisotopic (exact) mass is 403 g/mol. The van der Waals surface area contributed by atoms with Crippen LogP contribution in [0.4, 0.5) is 0 Å². The van der Waals surface area contributed by atoms with Crippen LogP contribution in [-0.2, 0) is 17.8 Å². The Kier molecular flexibility index (Phi) is 5.43. The van der Waals surface area contributed by atoms with Gasteiger partial charge in [-0.1, -0.05) is 48.5 Å². The molecule has 1 aromatic heterocycles. The highest BCUT2D eigenvalue weighted by Crippen LogP contribution is 2.25. The molecule has 156 valence electrons.